The molecule has 4 atom stereocenters. The maximum Gasteiger partial charge on any atom is 0.0225 e. The summed E-state index contributed by atoms with van der Waals surface area (Å²) in [6.07, 6.45) is 11.7. The number of likely N-dealkylation sites (tertiary alicyclic amines) is 1. The lowest BCUT2D eigenvalue weighted by atomic mass is 9.42. The normalized spacial score (nSPS) is 56.9. The molecule has 5 fully saturated rings. The summed E-state index contributed by atoms with van der Waals surface area (Å²) in [5, 5.41) is 3.52. The number of rotatable bonds is 2. The molecule has 1 aliphatic heterocycles. The highest BCUT2D eigenvalue weighted by Crippen LogP contribution is 2.68. The van der Waals surface area contributed by atoms with Crippen molar-refractivity contribution >= 4 is 0 Å². The predicted octanol–water partition coefficient (Wildman–Crippen LogP) is 3.81. The van der Waals surface area contributed by atoms with Gasteiger partial charge in [0.1, 0.15) is 0 Å². The van der Waals surface area contributed by atoms with E-state index in [2.05, 4.69) is 38.0 Å². The average Bonchev–Trinajstić information content (AvgIpc) is 2.33. The minimum absolute atomic E-state index is 0.557. The van der Waals surface area contributed by atoms with Gasteiger partial charge in [-0.15, -0.1) is 0 Å². The van der Waals surface area contributed by atoms with Gasteiger partial charge in [0.15, 0.2) is 0 Å². The van der Waals surface area contributed by atoms with Crippen LogP contribution < -0.4 is 5.32 Å². The van der Waals surface area contributed by atoms with E-state index < -0.39 is 0 Å². The fraction of sp³-hybridized carbons (Fsp3) is 1.00. The van der Waals surface area contributed by atoms with E-state index >= 15 is 0 Å². The third-order valence-corrected chi connectivity index (χ3v) is 7.49. The molecule has 0 amide bonds. The quantitative estimate of drug-likeness (QED) is 0.832. The second kappa shape index (κ2) is 4.47. The molecule has 4 bridgehead atoms. The Morgan fingerprint density at radius 2 is 1.67 bits per heavy atom. The first-order valence-electron chi connectivity index (χ1n) is 9.30. The van der Waals surface area contributed by atoms with Crippen LogP contribution in [0.4, 0.5) is 0 Å². The molecule has 0 radical (unpaired) electrons. The van der Waals surface area contributed by atoms with Crippen molar-refractivity contribution in [1.82, 2.24) is 10.2 Å². The molecule has 1 heterocycles. The first-order chi connectivity index (χ1) is 9.85. The molecule has 0 aromatic heterocycles. The molecule has 2 nitrogen and oxygen atoms in total. The first kappa shape index (κ1) is 14.5. The third-order valence-electron chi connectivity index (χ3n) is 7.49. The molecule has 0 spiro atoms. The fourth-order valence-corrected chi connectivity index (χ4v) is 7.85. The maximum absolute atomic E-state index is 3.52. The van der Waals surface area contributed by atoms with Crippen molar-refractivity contribution in [3.05, 3.63) is 0 Å². The molecule has 2 heteroatoms. The van der Waals surface area contributed by atoms with E-state index in [9.17, 15) is 0 Å². The van der Waals surface area contributed by atoms with Crippen LogP contribution >= 0.6 is 0 Å². The van der Waals surface area contributed by atoms with Crippen LogP contribution in [-0.2, 0) is 0 Å². The highest BCUT2D eigenvalue weighted by atomic mass is 15.2. The number of hydrogen-bond donors (Lipinski definition) is 1. The Hall–Kier alpha value is -0.0800. The Kier molecular flexibility index (Phi) is 3.09. The van der Waals surface area contributed by atoms with Crippen LogP contribution in [0.1, 0.15) is 72.1 Å². The largest absolute Gasteiger partial charge is 0.317 e. The molecule has 0 aromatic carbocycles. The van der Waals surface area contributed by atoms with E-state index in [4.69, 9.17) is 0 Å². The fourth-order valence-electron chi connectivity index (χ4n) is 7.85. The molecule has 0 aromatic rings. The molecular weight excluding hydrogens is 256 g/mol. The van der Waals surface area contributed by atoms with Crippen LogP contribution in [0, 0.1) is 16.7 Å². The van der Waals surface area contributed by atoms with Gasteiger partial charge in [0.2, 0.25) is 0 Å². The number of nitrogens with one attached hydrogen (secondary N) is 1. The highest BCUT2D eigenvalue weighted by Gasteiger charge is 2.62. The average molecular weight is 290 g/mol. The summed E-state index contributed by atoms with van der Waals surface area (Å²) in [5.74, 6) is 1.02. The Morgan fingerprint density at radius 1 is 1.00 bits per heavy atom. The Balaban J connectivity index is 1.62. The van der Waals surface area contributed by atoms with E-state index in [1.807, 2.05) is 0 Å². The first-order valence-corrected chi connectivity index (χ1v) is 9.30. The van der Waals surface area contributed by atoms with E-state index in [0.29, 0.717) is 16.4 Å². The maximum atomic E-state index is 3.52. The van der Waals surface area contributed by atoms with Crippen LogP contribution in [0.3, 0.4) is 0 Å². The van der Waals surface area contributed by atoms with Crippen LogP contribution in [0.5, 0.6) is 0 Å². The minimum atomic E-state index is 0.557. The molecule has 4 aliphatic carbocycles. The number of nitrogens with zero attached hydrogens (tertiary/aromatic N) is 1. The second-order valence-corrected chi connectivity index (χ2v) is 9.91. The van der Waals surface area contributed by atoms with Crippen molar-refractivity contribution in [3.63, 3.8) is 0 Å². The minimum Gasteiger partial charge on any atom is -0.317 e. The Bertz CT molecular complexity index is 413. The molecule has 120 valence electrons. The Labute approximate surface area is 131 Å². The van der Waals surface area contributed by atoms with E-state index in [-0.39, 0.29) is 0 Å². The van der Waals surface area contributed by atoms with Gasteiger partial charge in [-0.2, -0.15) is 0 Å². The number of piperidine rings is 1. The third kappa shape index (κ3) is 2.20. The molecule has 1 N–H and O–H groups in total. The van der Waals surface area contributed by atoms with Crippen molar-refractivity contribution in [2.24, 2.45) is 16.7 Å². The van der Waals surface area contributed by atoms with Crippen molar-refractivity contribution in [2.45, 2.75) is 89.8 Å². The molecule has 5 rings (SSSR count). The lowest BCUT2D eigenvalue weighted by Gasteiger charge is -2.69. The smallest absolute Gasteiger partial charge is 0.0225 e. The van der Waals surface area contributed by atoms with Gasteiger partial charge >= 0.3 is 0 Å². The standard InChI is InChI=1S/C19H34N2/c1-14-7-16(20-4)5-6-21(14)19-10-15-8-17(2,12-19)11-18(3,9-15)13-19/h14-16,20H,5-13H2,1-4H3. The van der Waals surface area contributed by atoms with Crippen molar-refractivity contribution in [2.75, 3.05) is 13.6 Å². The van der Waals surface area contributed by atoms with Crippen LogP contribution in [0.15, 0.2) is 0 Å². The summed E-state index contributed by atoms with van der Waals surface area (Å²) in [6, 6.07) is 1.51. The van der Waals surface area contributed by atoms with Gasteiger partial charge in [-0.1, -0.05) is 13.8 Å². The van der Waals surface area contributed by atoms with Gasteiger partial charge in [-0.3, -0.25) is 4.90 Å². The zero-order valence-corrected chi connectivity index (χ0v) is 14.5. The summed E-state index contributed by atoms with van der Waals surface area (Å²) in [5.41, 5.74) is 1.85. The van der Waals surface area contributed by atoms with Gasteiger partial charge in [0, 0.05) is 24.2 Å². The molecule has 4 unspecified atom stereocenters. The van der Waals surface area contributed by atoms with Gasteiger partial charge in [-0.25, -0.2) is 0 Å². The zero-order chi connectivity index (χ0) is 14.9. The van der Waals surface area contributed by atoms with E-state index in [1.54, 1.807) is 0 Å². The van der Waals surface area contributed by atoms with E-state index in [1.165, 1.54) is 57.9 Å². The SMILES string of the molecule is CNC1CCN(C23CC4CC(C)(CC(C)(C4)C2)C3)C(C)C1. The van der Waals surface area contributed by atoms with Crippen molar-refractivity contribution in [3.8, 4) is 0 Å². The molecule has 1 saturated heterocycles. The summed E-state index contributed by atoms with van der Waals surface area (Å²) in [4.78, 5) is 2.97. The van der Waals surface area contributed by atoms with Crippen LogP contribution in [0.2, 0.25) is 0 Å². The van der Waals surface area contributed by atoms with Crippen molar-refractivity contribution in [1.29, 1.82) is 0 Å². The lowest BCUT2D eigenvalue weighted by molar-refractivity contribution is -0.175. The second-order valence-electron chi connectivity index (χ2n) is 9.91. The van der Waals surface area contributed by atoms with Crippen molar-refractivity contribution < 1.29 is 0 Å². The topological polar surface area (TPSA) is 15.3 Å². The predicted molar refractivity (Wildman–Crippen MR) is 88.4 cm³/mol. The Morgan fingerprint density at radius 3 is 2.19 bits per heavy atom. The molecule has 21 heavy (non-hydrogen) atoms. The molecule has 4 saturated carbocycles. The van der Waals surface area contributed by atoms with Crippen LogP contribution in [-0.4, -0.2) is 36.1 Å². The monoisotopic (exact) mass is 290 g/mol. The van der Waals surface area contributed by atoms with Gasteiger partial charge in [-0.05, 0) is 82.1 Å². The summed E-state index contributed by atoms with van der Waals surface area (Å²) < 4.78 is 0. The van der Waals surface area contributed by atoms with E-state index in [0.717, 1.165) is 18.0 Å². The van der Waals surface area contributed by atoms with Crippen LogP contribution in [0.25, 0.3) is 0 Å². The molecular formula is C19H34N2. The summed E-state index contributed by atoms with van der Waals surface area (Å²) in [7, 11) is 2.14. The summed E-state index contributed by atoms with van der Waals surface area (Å²) >= 11 is 0. The van der Waals surface area contributed by atoms with Gasteiger partial charge < -0.3 is 5.32 Å². The molecule has 5 aliphatic rings. The summed E-state index contributed by atoms with van der Waals surface area (Å²) in [6.45, 7) is 9.03. The van der Waals surface area contributed by atoms with Gasteiger partial charge in [0.05, 0.1) is 0 Å². The number of hydrogen-bond acceptors (Lipinski definition) is 2. The van der Waals surface area contributed by atoms with Gasteiger partial charge in [0.25, 0.3) is 0 Å². The highest BCUT2D eigenvalue weighted by molar-refractivity contribution is 5.16. The zero-order valence-electron chi connectivity index (χ0n) is 14.5. The lowest BCUT2D eigenvalue weighted by Crippen LogP contribution is -2.68.